The summed E-state index contributed by atoms with van der Waals surface area (Å²) >= 11 is 3.54. The molecule has 0 radical (unpaired) electrons. The summed E-state index contributed by atoms with van der Waals surface area (Å²) in [7, 11) is 1.67. The maximum atomic E-state index is 10.5. The molecule has 0 aliphatic heterocycles. The minimum atomic E-state index is -0.524. The van der Waals surface area contributed by atoms with Crippen LogP contribution in [0, 0.1) is 11.8 Å². The van der Waals surface area contributed by atoms with Crippen LogP contribution in [0.5, 0.6) is 5.75 Å². The second-order valence-corrected chi connectivity index (χ2v) is 6.63. The summed E-state index contributed by atoms with van der Waals surface area (Å²) in [5.74, 6) is 2.18. The summed E-state index contributed by atoms with van der Waals surface area (Å²) in [6, 6.07) is 5.91. The topological polar surface area (TPSA) is 29.5 Å². The fourth-order valence-electron chi connectivity index (χ4n) is 2.70. The third-order valence-electron chi connectivity index (χ3n) is 4.00. The van der Waals surface area contributed by atoms with Gasteiger partial charge in [0.15, 0.2) is 0 Å². The maximum Gasteiger partial charge on any atom is 0.119 e. The van der Waals surface area contributed by atoms with Gasteiger partial charge in [0.05, 0.1) is 12.7 Å². The van der Waals surface area contributed by atoms with E-state index in [4.69, 9.17) is 4.74 Å². The van der Waals surface area contributed by atoms with E-state index in [0.717, 1.165) is 28.6 Å². The van der Waals surface area contributed by atoms with Crippen LogP contribution in [-0.4, -0.2) is 17.8 Å². The third-order valence-corrected chi connectivity index (χ3v) is 4.77. The summed E-state index contributed by atoms with van der Waals surface area (Å²) in [5, 5.41) is 10.5. The van der Waals surface area contributed by atoms with Gasteiger partial charge in [-0.15, -0.1) is 0 Å². The van der Waals surface area contributed by atoms with Crippen molar-refractivity contribution < 1.29 is 9.84 Å². The number of halogens is 1. The van der Waals surface area contributed by atoms with Crippen molar-refractivity contribution >= 4 is 15.9 Å². The number of hydrogen-bond acceptors (Lipinski definition) is 2. The summed E-state index contributed by atoms with van der Waals surface area (Å²) in [4.78, 5) is 0. The van der Waals surface area contributed by atoms with Crippen LogP contribution in [0.4, 0.5) is 0 Å². The SMILES string of the molecule is COc1ccc(Br)c(CC2(O)CC(C(C)C)C2)c1. The van der Waals surface area contributed by atoms with Crippen molar-refractivity contribution in [3.63, 3.8) is 0 Å². The van der Waals surface area contributed by atoms with Crippen molar-refractivity contribution in [3.8, 4) is 5.75 Å². The molecule has 0 unspecified atom stereocenters. The second-order valence-electron chi connectivity index (χ2n) is 5.77. The Hall–Kier alpha value is -0.540. The normalized spacial score (nSPS) is 27.1. The van der Waals surface area contributed by atoms with Crippen LogP contribution in [0.25, 0.3) is 0 Å². The molecule has 1 saturated carbocycles. The van der Waals surface area contributed by atoms with Crippen molar-refractivity contribution in [2.24, 2.45) is 11.8 Å². The van der Waals surface area contributed by atoms with Gasteiger partial charge in [0.25, 0.3) is 0 Å². The minimum Gasteiger partial charge on any atom is -0.497 e. The van der Waals surface area contributed by atoms with E-state index < -0.39 is 5.60 Å². The van der Waals surface area contributed by atoms with Gasteiger partial charge in [-0.2, -0.15) is 0 Å². The molecule has 2 rings (SSSR count). The van der Waals surface area contributed by atoms with Crippen molar-refractivity contribution in [1.82, 2.24) is 0 Å². The Morgan fingerprint density at radius 3 is 2.67 bits per heavy atom. The van der Waals surface area contributed by atoms with Gasteiger partial charge in [-0.1, -0.05) is 29.8 Å². The van der Waals surface area contributed by atoms with E-state index >= 15 is 0 Å². The van der Waals surface area contributed by atoms with Gasteiger partial charge >= 0.3 is 0 Å². The smallest absolute Gasteiger partial charge is 0.119 e. The predicted octanol–water partition coefficient (Wildman–Crippen LogP) is 3.80. The Bertz CT molecular complexity index is 423. The monoisotopic (exact) mass is 312 g/mol. The number of benzene rings is 1. The van der Waals surface area contributed by atoms with Gasteiger partial charge in [0.2, 0.25) is 0 Å². The zero-order valence-corrected chi connectivity index (χ0v) is 12.8. The van der Waals surface area contributed by atoms with Crippen molar-refractivity contribution in [2.75, 3.05) is 7.11 Å². The van der Waals surface area contributed by atoms with E-state index in [9.17, 15) is 5.11 Å². The zero-order valence-electron chi connectivity index (χ0n) is 11.2. The zero-order chi connectivity index (χ0) is 13.3. The molecule has 0 heterocycles. The summed E-state index contributed by atoms with van der Waals surface area (Å²) in [5.41, 5.74) is 0.600. The van der Waals surface area contributed by atoms with E-state index in [1.807, 2.05) is 18.2 Å². The summed E-state index contributed by atoms with van der Waals surface area (Å²) in [6.07, 6.45) is 2.52. The van der Waals surface area contributed by atoms with Gasteiger partial charge in [0, 0.05) is 10.9 Å². The number of hydrogen-bond donors (Lipinski definition) is 1. The molecule has 0 atom stereocenters. The molecule has 100 valence electrons. The van der Waals surface area contributed by atoms with Crippen molar-refractivity contribution in [1.29, 1.82) is 0 Å². The first kappa shape index (κ1) is 13.9. The average molecular weight is 313 g/mol. The van der Waals surface area contributed by atoms with E-state index in [1.165, 1.54) is 0 Å². The first-order valence-corrected chi connectivity index (χ1v) is 7.27. The van der Waals surface area contributed by atoms with Gasteiger partial charge in [0.1, 0.15) is 5.75 Å². The van der Waals surface area contributed by atoms with Gasteiger partial charge in [-0.3, -0.25) is 0 Å². The fraction of sp³-hybridized carbons (Fsp3) is 0.600. The molecule has 0 aromatic heterocycles. The predicted molar refractivity (Wildman–Crippen MR) is 76.9 cm³/mol. The Kier molecular flexibility index (Phi) is 4.02. The van der Waals surface area contributed by atoms with E-state index in [1.54, 1.807) is 7.11 Å². The van der Waals surface area contributed by atoms with Gasteiger partial charge in [-0.25, -0.2) is 0 Å². The molecule has 1 N–H and O–H groups in total. The first-order chi connectivity index (χ1) is 8.43. The molecule has 0 bridgehead atoms. The Morgan fingerprint density at radius 2 is 2.11 bits per heavy atom. The molecule has 2 nitrogen and oxygen atoms in total. The molecule has 18 heavy (non-hydrogen) atoms. The van der Waals surface area contributed by atoms with Crippen molar-refractivity contribution in [3.05, 3.63) is 28.2 Å². The van der Waals surface area contributed by atoms with E-state index in [-0.39, 0.29) is 0 Å². The Balaban J connectivity index is 2.06. The molecule has 1 aliphatic carbocycles. The molecule has 1 aromatic carbocycles. The van der Waals surface area contributed by atoms with Crippen LogP contribution in [0.3, 0.4) is 0 Å². The van der Waals surface area contributed by atoms with Crippen LogP contribution < -0.4 is 4.74 Å². The highest BCUT2D eigenvalue weighted by molar-refractivity contribution is 9.10. The highest BCUT2D eigenvalue weighted by atomic mass is 79.9. The lowest BCUT2D eigenvalue weighted by Crippen LogP contribution is -2.47. The Morgan fingerprint density at radius 1 is 1.44 bits per heavy atom. The van der Waals surface area contributed by atoms with Crippen LogP contribution in [0.1, 0.15) is 32.3 Å². The quantitative estimate of drug-likeness (QED) is 0.916. The lowest BCUT2D eigenvalue weighted by Gasteiger charge is -2.46. The highest BCUT2D eigenvalue weighted by Gasteiger charge is 2.43. The van der Waals surface area contributed by atoms with Gasteiger partial charge < -0.3 is 9.84 Å². The maximum absolute atomic E-state index is 10.5. The summed E-state index contributed by atoms with van der Waals surface area (Å²) < 4.78 is 6.28. The standard InChI is InChI=1S/C15H21BrO2/c1-10(2)12-8-15(17,9-12)7-11-6-13(18-3)4-5-14(11)16/h4-6,10,12,17H,7-9H2,1-3H3. The lowest BCUT2D eigenvalue weighted by atomic mass is 9.64. The fourth-order valence-corrected chi connectivity index (χ4v) is 3.09. The number of ether oxygens (including phenoxy) is 1. The van der Waals surface area contributed by atoms with Crippen molar-refractivity contribution in [2.45, 2.75) is 38.7 Å². The molecule has 1 aliphatic rings. The third kappa shape index (κ3) is 2.89. The summed E-state index contributed by atoms with van der Waals surface area (Å²) in [6.45, 7) is 4.46. The van der Waals surface area contributed by atoms with Gasteiger partial charge in [-0.05, 0) is 48.4 Å². The van der Waals surface area contributed by atoms with E-state index in [2.05, 4.69) is 29.8 Å². The molecular weight excluding hydrogens is 292 g/mol. The highest BCUT2D eigenvalue weighted by Crippen LogP contribution is 2.44. The number of rotatable bonds is 4. The molecule has 0 spiro atoms. The van der Waals surface area contributed by atoms with Crippen LogP contribution in [0.15, 0.2) is 22.7 Å². The Labute approximate surface area is 117 Å². The molecule has 0 amide bonds. The van der Waals surface area contributed by atoms with Crippen LogP contribution >= 0.6 is 15.9 Å². The average Bonchev–Trinajstić information content (AvgIpc) is 2.28. The first-order valence-electron chi connectivity index (χ1n) is 6.48. The molecule has 3 heteroatoms. The molecular formula is C15H21BrO2. The second kappa shape index (κ2) is 5.22. The van der Waals surface area contributed by atoms with Crippen LogP contribution in [-0.2, 0) is 6.42 Å². The number of methoxy groups -OCH3 is 1. The molecule has 1 aromatic rings. The van der Waals surface area contributed by atoms with Crippen LogP contribution in [0.2, 0.25) is 0 Å². The van der Waals surface area contributed by atoms with E-state index in [0.29, 0.717) is 18.3 Å². The molecule has 1 fully saturated rings. The molecule has 0 saturated heterocycles. The largest absolute Gasteiger partial charge is 0.497 e. The lowest BCUT2D eigenvalue weighted by molar-refractivity contribution is -0.0861. The minimum absolute atomic E-state index is 0.524. The number of aliphatic hydroxyl groups is 1.